The van der Waals surface area contributed by atoms with E-state index < -0.39 is 0 Å². The molecule has 2 aromatic rings. The molecule has 0 saturated heterocycles. The molecular weight excluding hydrogens is 372 g/mol. The predicted octanol–water partition coefficient (Wildman–Crippen LogP) is 3.66. The molecule has 1 aliphatic rings. The zero-order chi connectivity index (χ0) is 17.1. The summed E-state index contributed by atoms with van der Waals surface area (Å²) in [5, 5.41) is 5.75. The average Bonchev–Trinajstić information content (AvgIpc) is 2.60. The standard InChI is InChI=1S/C18H17BrN2O3/c1-2-14(11-3-6-13(19)7-4-11)21-18(23)12-5-8-15-16(9-12)24-10-17(22)20-15/h3-9,14H,2,10H2,1H3,(H,20,22)(H,21,23)/t14-/m0/s1. The summed E-state index contributed by atoms with van der Waals surface area (Å²) >= 11 is 3.41. The highest BCUT2D eigenvalue weighted by Gasteiger charge is 2.19. The molecule has 124 valence electrons. The summed E-state index contributed by atoms with van der Waals surface area (Å²) in [7, 11) is 0. The lowest BCUT2D eigenvalue weighted by Crippen LogP contribution is -2.29. The molecule has 0 saturated carbocycles. The summed E-state index contributed by atoms with van der Waals surface area (Å²) in [5.74, 6) is 0.146. The number of hydrogen-bond donors (Lipinski definition) is 2. The van der Waals surface area contributed by atoms with Gasteiger partial charge in [0, 0.05) is 10.0 Å². The molecule has 6 heteroatoms. The lowest BCUT2D eigenvalue weighted by Gasteiger charge is -2.20. The number of halogens is 1. The van der Waals surface area contributed by atoms with Crippen molar-refractivity contribution in [1.29, 1.82) is 0 Å². The molecule has 24 heavy (non-hydrogen) atoms. The van der Waals surface area contributed by atoms with Crippen LogP contribution < -0.4 is 15.4 Å². The fourth-order valence-electron chi connectivity index (χ4n) is 2.57. The quantitative estimate of drug-likeness (QED) is 0.839. The van der Waals surface area contributed by atoms with E-state index in [9.17, 15) is 9.59 Å². The molecule has 0 unspecified atom stereocenters. The number of rotatable bonds is 4. The fourth-order valence-corrected chi connectivity index (χ4v) is 2.84. The van der Waals surface area contributed by atoms with E-state index in [2.05, 4.69) is 26.6 Å². The molecule has 1 aliphatic heterocycles. The number of ether oxygens (including phenoxy) is 1. The van der Waals surface area contributed by atoms with E-state index in [4.69, 9.17) is 4.74 Å². The zero-order valence-corrected chi connectivity index (χ0v) is 14.7. The number of nitrogens with one attached hydrogen (secondary N) is 2. The molecule has 0 radical (unpaired) electrons. The van der Waals surface area contributed by atoms with Gasteiger partial charge in [-0.05, 0) is 42.3 Å². The van der Waals surface area contributed by atoms with E-state index in [1.807, 2.05) is 31.2 Å². The second-order valence-corrected chi connectivity index (χ2v) is 6.45. The molecule has 0 bridgehead atoms. The Balaban J connectivity index is 1.76. The highest BCUT2D eigenvalue weighted by atomic mass is 79.9. The van der Waals surface area contributed by atoms with Gasteiger partial charge in [-0.15, -0.1) is 0 Å². The van der Waals surface area contributed by atoms with Crippen LogP contribution >= 0.6 is 15.9 Å². The monoisotopic (exact) mass is 388 g/mol. The molecule has 0 spiro atoms. The first-order chi connectivity index (χ1) is 11.6. The summed E-state index contributed by atoms with van der Waals surface area (Å²) < 4.78 is 6.36. The van der Waals surface area contributed by atoms with Gasteiger partial charge in [0.05, 0.1) is 11.7 Å². The van der Waals surface area contributed by atoms with Gasteiger partial charge in [-0.3, -0.25) is 9.59 Å². The van der Waals surface area contributed by atoms with Crippen molar-refractivity contribution in [2.24, 2.45) is 0 Å². The van der Waals surface area contributed by atoms with Gasteiger partial charge < -0.3 is 15.4 Å². The van der Waals surface area contributed by atoms with E-state index in [0.29, 0.717) is 17.0 Å². The second kappa shape index (κ2) is 7.05. The second-order valence-electron chi connectivity index (χ2n) is 5.53. The topological polar surface area (TPSA) is 67.4 Å². The van der Waals surface area contributed by atoms with Gasteiger partial charge >= 0.3 is 0 Å². The highest BCUT2D eigenvalue weighted by molar-refractivity contribution is 9.10. The number of carbonyl (C=O) groups excluding carboxylic acids is 2. The third-order valence-corrected chi connectivity index (χ3v) is 4.39. The number of anilines is 1. The Labute approximate surface area is 148 Å². The summed E-state index contributed by atoms with van der Waals surface area (Å²) in [6.45, 7) is 1.99. The number of amides is 2. The maximum atomic E-state index is 12.5. The summed E-state index contributed by atoms with van der Waals surface area (Å²) in [5.41, 5.74) is 2.14. The van der Waals surface area contributed by atoms with Crippen molar-refractivity contribution >= 4 is 33.4 Å². The van der Waals surface area contributed by atoms with Crippen molar-refractivity contribution in [3.05, 3.63) is 58.1 Å². The predicted molar refractivity (Wildman–Crippen MR) is 95.2 cm³/mol. The number of benzene rings is 2. The van der Waals surface area contributed by atoms with Crippen LogP contribution in [0, 0.1) is 0 Å². The van der Waals surface area contributed by atoms with E-state index >= 15 is 0 Å². The first-order valence-electron chi connectivity index (χ1n) is 7.70. The Hall–Kier alpha value is -2.34. The molecule has 3 rings (SSSR count). The summed E-state index contributed by atoms with van der Waals surface area (Å²) in [6, 6.07) is 12.8. The number of carbonyl (C=O) groups is 2. The van der Waals surface area contributed by atoms with Crippen LogP contribution in [0.1, 0.15) is 35.3 Å². The van der Waals surface area contributed by atoms with Crippen molar-refractivity contribution in [3.63, 3.8) is 0 Å². The van der Waals surface area contributed by atoms with Gasteiger partial charge in [0.1, 0.15) is 5.75 Å². The van der Waals surface area contributed by atoms with Crippen molar-refractivity contribution < 1.29 is 14.3 Å². The lowest BCUT2D eigenvalue weighted by molar-refractivity contribution is -0.118. The van der Waals surface area contributed by atoms with Gasteiger partial charge in [-0.1, -0.05) is 35.0 Å². The smallest absolute Gasteiger partial charge is 0.262 e. The summed E-state index contributed by atoms with van der Waals surface area (Å²) in [6.07, 6.45) is 0.783. The first-order valence-corrected chi connectivity index (χ1v) is 8.49. The van der Waals surface area contributed by atoms with Crippen molar-refractivity contribution in [2.45, 2.75) is 19.4 Å². The van der Waals surface area contributed by atoms with Crippen LogP contribution in [0.2, 0.25) is 0 Å². The van der Waals surface area contributed by atoms with E-state index in [1.54, 1.807) is 18.2 Å². The number of hydrogen-bond acceptors (Lipinski definition) is 3. The van der Waals surface area contributed by atoms with E-state index in [-0.39, 0.29) is 24.5 Å². The van der Waals surface area contributed by atoms with Gasteiger partial charge in [-0.2, -0.15) is 0 Å². The Bertz CT molecular complexity index is 774. The van der Waals surface area contributed by atoms with Gasteiger partial charge in [-0.25, -0.2) is 0 Å². The van der Waals surface area contributed by atoms with Crippen LogP contribution in [0.3, 0.4) is 0 Å². The molecule has 0 fully saturated rings. The van der Waals surface area contributed by atoms with Crippen LogP contribution in [0.5, 0.6) is 5.75 Å². The van der Waals surface area contributed by atoms with Gasteiger partial charge in [0.2, 0.25) is 0 Å². The van der Waals surface area contributed by atoms with E-state index in [1.165, 1.54) is 0 Å². The largest absolute Gasteiger partial charge is 0.482 e. The Kier molecular flexibility index (Phi) is 4.85. The Morgan fingerprint density at radius 1 is 1.29 bits per heavy atom. The molecule has 0 aliphatic carbocycles. The van der Waals surface area contributed by atoms with Crippen LogP contribution in [-0.2, 0) is 4.79 Å². The Morgan fingerprint density at radius 3 is 2.75 bits per heavy atom. The number of fused-ring (bicyclic) bond motifs is 1. The van der Waals surface area contributed by atoms with Crippen molar-refractivity contribution in [2.75, 3.05) is 11.9 Å². The molecule has 1 heterocycles. The SMILES string of the molecule is CC[C@H](NC(=O)c1ccc2c(c1)OCC(=O)N2)c1ccc(Br)cc1. The van der Waals surface area contributed by atoms with Crippen LogP contribution in [-0.4, -0.2) is 18.4 Å². The minimum absolute atomic E-state index is 0.0332. The highest BCUT2D eigenvalue weighted by Crippen LogP contribution is 2.29. The average molecular weight is 389 g/mol. The fraction of sp³-hybridized carbons (Fsp3) is 0.222. The van der Waals surface area contributed by atoms with Crippen LogP contribution in [0.4, 0.5) is 5.69 Å². The van der Waals surface area contributed by atoms with Crippen molar-refractivity contribution in [1.82, 2.24) is 5.32 Å². The van der Waals surface area contributed by atoms with Crippen LogP contribution in [0.15, 0.2) is 46.9 Å². The van der Waals surface area contributed by atoms with Gasteiger partial charge in [0.15, 0.2) is 6.61 Å². The Morgan fingerprint density at radius 2 is 2.04 bits per heavy atom. The molecule has 2 aromatic carbocycles. The zero-order valence-electron chi connectivity index (χ0n) is 13.1. The third-order valence-electron chi connectivity index (χ3n) is 3.86. The normalized spacial score (nSPS) is 14.2. The maximum Gasteiger partial charge on any atom is 0.262 e. The molecule has 0 aromatic heterocycles. The van der Waals surface area contributed by atoms with Crippen molar-refractivity contribution in [3.8, 4) is 5.75 Å². The van der Waals surface area contributed by atoms with Crippen LogP contribution in [0.25, 0.3) is 0 Å². The minimum Gasteiger partial charge on any atom is -0.482 e. The van der Waals surface area contributed by atoms with E-state index in [0.717, 1.165) is 16.5 Å². The van der Waals surface area contributed by atoms with Gasteiger partial charge in [0.25, 0.3) is 11.8 Å². The minimum atomic E-state index is -0.194. The molecule has 1 atom stereocenters. The molecule has 5 nitrogen and oxygen atoms in total. The first kappa shape index (κ1) is 16.5. The molecular formula is C18H17BrN2O3. The lowest BCUT2D eigenvalue weighted by atomic mass is 10.0. The molecule has 2 N–H and O–H groups in total. The summed E-state index contributed by atoms with van der Waals surface area (Å²) in [4.78, 5) is 23.8. The maximum absolute atomic E-state index is 12.5. The third kappa shape index (κ3) is 3.59. The molecule has 2 amide bonds.